The average molecular weight is 221 g/mol. The molecule has 16 heavy (non-hydrogen) atoms. The van der Waals surface area contributed by atoms with E-state index < -0.39 is 0 Å². The summed E-state index contributed by atoms with van der Waals surface area (Å²) >= 11 is 0. The summed E-state index contributed by atoms with van der Waals surface area (Å²) in [7, 11) is 0. The minimum atomic E-state index is 0.523. The number of nitrogens with one attached hydrogen (secondary N) is 1. The Balaban J connectivity index is 1.52. The Hall–Kier alpha value is -0.340. The van der Waals surface area contributed by atoms with Gasteiger partial charge >= 0.3 is 0 Å². The highest BCUT2D eigenvalue weighted by molar-refractivity contribution is 4.98. The SMILES string of the molecule is C=CCCC(NC1CC2CCC1O2)C1CC1. The Kier molecular flexibility index (Phi) is 3.03. The topological polar surface area (TPSA) is 21.3 Å². The first-order chi connectivity index (χ1) is 7.86. The molecule has 0 spiro atoms. The molecule has 0 aromatic carbocycles. The maximum atomic E-state index is 5.91. The first kappa shape index (κ1) is 10.8. The fourth-order valence-electron chi connectivity index (χ4n) is 3.34. The zero-order valence-electron chi connectivity index (χ0n) is 10.0. The molecule has 90 valence electrons. The van der Waals surface area contributed by atoms with Crippen LogP contribution in [0.25, 0.3) is 0 Å². The van der Waals surface area contributed by atoms with Crippen molar-refractivity contribution in [2.24, 2.45) is 5.92 Å². The lowest BCUT2D eigenvalue weighted by atomic mass is 9.93. The Morgan fingerprint density at radius 3 is 2.75 bits per heavy atom. The third-order valence-corrected chi connectivity index (χ3v) is 4.41. The molecule has 2 saturated heterocycles. The predicted octanol–water partition coefficient (Wildman–Crippen LogP) is 2.64. The molecule has 2 heteroatoms. The van der Waals surface area contributed by atoms with E-state index in [0.29, 0.717) is 18.2 Å². The molecule has 2 aliphatic heterocycles. The molecule has 3 aliphatic rings. The first-order valence-electron chi connectivity index (χ1n) is 6.89. The zero-order valence-corrected chi connectivity index (χ0v) is 10.0. The highest BCUT2D eigenvalue weighted by Gasteiger charge is 2.42. The molecule has 0 aromatic heterocycles. The van der Waals surface area contributed by atoms with E-state index >= 15 is 0 Å². The van der Waals surface area contributed by atoms with E-state index in [2.05, 4.69) is 11.9 Å². The Labute approximate surface area is 98.4 Å². The summed E-state index contributed by atoms with van der Waals surface area (Å²) in [5.74, 6) is 0.944. The molecule has 2 bridgehead atoms. The van der Waals surface area contributed by atoms with Gasteiger partial charge in [0.1, 0.15) is 0 Å². The van der Waals surface area contributed by atoms with Crippen molar-refractivity contribution in [2.45, 2.75) is 69.2 Å². The summed E-state index contributed by atoms with van der Waals surface area (Å²) in [6, 6.07) is 1.38. The monoisotopic (exact) mass is 221 g/mol. The normalized spacial score (nSPS) is 38.9. The van der Waals surface area contributed by atoms with E-state index in [4.69, 9.17) is 4.74 Å². The smallest absolute Gasteiger partial charge is 0.0733 e. The van der Waals surface area contributed by atoms with Gasteiger partial charge in [-0.25, -0.2) is 0 Å². The second-order valence-electron chi connectivity index (χ2n) is 5.69. The molecule has 3 fully saturated rings. The molecule has 1 aliphatic carbocycles. The van der Waals surface area contributed by atoms with Gasteiger partial charge in [-0.3, -0.25) is 0 Å². The van der Waals surface area contributed by atoms with Gasteiger partial charge in [0.15, 0.2) is 0 Å². The number of hydrogen-bond acceptors (Lipinski definition) is 2. The van der Waals surface area contributed by atoms with Crippen LogP contribution in [0.4, 0.5) is 0 Å². The van der Waals surface area contributed by atoms with Gasteiger partial charge in [0.2, 0.25) is 0 Å². The molecule has 0 aromatic rings. The maximum absolute atomic E-state index is 5.91. The van der Waals surface area contributed by atoms with Crippen molar-refractivity contribution in [2.75, 3.05) is 0 Å². The number of allylic oxidation sites excluding steroid dienone is 1. The molecule has 1 saturated carbocycles. The van der Waals surface area contributed by atoms with Crippen LogP contribution in [0, 0.1) is 5.92 Å². The minimum Gasteiger partial charge on any atom is -0.373 e. The van der Waals surface area contributed by atoms with Crippen molar-refractivity contribution < 1.29 is 4.74 Å². The highest BCUT2D eigenvalue weighted by Crippen LogP contribution is 2.38. The highest BCUT2D eigenvalue weighted by atomic mass is 16.5. The van der Waals surface area contributed by atoms with Gasteiger partial charge in [0.05, 0.1) is 12.2 Å². The lowest BCUT2D eigenvalue weighted by Crippen LogP contribution is -2.44. The van der Waals surface area contributed by atoms with Gasteiger partial charge in [0, 0.05) is 12.1 Å². The predicted molar refractivity (Wildman–Crippen MR) is 65.4 cm³/mol. The van der Waals surface area contributed by atoms with Crippen LogP contribution in [0.2, 0.25) is 0 Å². The lowest BCUT2D eigenvalue weighted by molar-refractivity contribution is 0.0953. The largest absolute Gasteiger partial charge is 0.373 e. The molecule has 4 unspecified atom stereocenters. The van der Waals surface area contributed by atoms with Gasteiger partial charge in [-0.2, -0.15) is 0 Å². The first-order valence-corrected chi connectivity index (χ1v) is 6.89. The Bertz CT molecular complexity index is 261. The van der Waals surface area contributed by atoms with Crippen molar-refractivity contribution in [1.29, 1.82) is 0 Å². The molecule has 1 N–H and O–H groups in total. The van der Waals surface area contributed by atoms with E-state index in [1.54, 1.807) is 0 Å². The summed E-state index contributed by atoms with van der Waals surface area (Å²) in [4.78, 5) is 0. The number of rotatable bonds is 6. The third-order valence-electron chi connectivity index (χ3n) is 4.41. The summed E-state index contributed by atoms with van der Waals surface area (Å²) in [6.07, 6.45) is 12.2. The van der Waals surface area contributed by atoms with E-state index in [0.717, 1.165) is 18.4 Å². The van der Waals surface area contributed by atoms with Crippen LogP contribution in [-0.4, -0.2) is 24.3 Å². The van der Waals surface area contributed by atoms with E-state index in [1.807, 2.05) is 6.08 Å². The minimum absolute atomic E-state index is 0.523. The Morgan fingerprint density at radius 2 is 2.19 bits per heavy atom. The summed E-state index contributed by atoms with van der Waals surface area (Å²) in [5, 5.41) is 3.87. The molecule has 4 atom stereocenters. The van der Waals surface area contributed by atoms with Crippen LogP contribution in [-0.2, 0) is 4.74 Å². The van der Waals surface area contributed by atoms with Crippen LogP contribution in [0.15, 0.2) is 12.7 Å². The standard InChI is InChI=1S/C14H23NO/c1-2-3-4-12(10-5-6-10)15-13-9-11-7-8-14(13)16-11/h2,10-15H,1,3-9H2. The molecule has 0 radical (unpaired) electrons. The second kappa shape index (κ2) is 4.50. The molecule has 2 heterocycles. The van der Waals surface area contributed by atoms with Gasteiger partial charge in [-0.15, -0.1) is 6.58 Å². The van der Waals surface area contributed by atoms with Gasteiger partial charge in [-0.05, 0) is 50.9 Å². The summed E-state index contributed by atoms with van der Waals surface area (Å²) < 4.78 is 5.91. The van der Waals surface area contributed by atoms with E-state index in [-0.39, 0.29) is 0 Å². The van der Waals surface area contributed by atoms with Crippen molar-refractivity contribution in [1.82, 2.24) is 5.32 Å². The quantitative estimate of drug-likeness (QED) is 0.696. The lowest BCUT2D eigenvalue weighted by Gasteiger charge is -2.26. The van der Waals surface area contributed by atoms with Crippen LogP contribution in [0.5, 0.6) is 0 Å². The van der Waals surface area contributed by atoms with Crippen molar-refractivity contribution in [3.8, 4) is 0 Å². The van der Waals surface area contributed by atoms with Crippen LogP contribution in [0.1, 0.15) is 44.9 Å². The molecule has 0 amide bonds. The molecule has 3 rings (SSSR count). The number of hydrogen-bond donors (Lipinski definition) is 1. The van der Waals surface area contributed by atoms with Crippen LogP contribution < -0.4 is 5.32 Å². The number of fused-ring (bicyclic) bond motifs is 2. The van der Waals surface area contributed by atoms with Crippen molar-refractivity contribution in [3.63, 3.8) is 0 Å². The third kappa shape index (κ3) is 2.18. The molecule has 2 nitrogen and oxygen atoms in total. The molecular formula is C14H23NO. The maximum Gasteiger partial charge on any atom is 0.0733 e. The van der Waals surface area contributed by atoms with Crippen LogP contribution in [0.3, 0.4) is 0 Å². The average Bonchev–Trinajstić information content (AvgIpc) is 2.94. The number of ether oxygens (including phenoxy) is 1. The summed E-state index contributed by atoms with van der Waals surface area (Å²) in [6.45, 7) is 3.83. The molecular weight excluding hydrogens is 198 g/mol. The fourth-order valence-corrected chi connectivity index (χ4v) is 3.34. The second-order valence-corrected chi connectivity index (χ2v) is 5.69. The fraction of sp³-hybridized carbons (Fsp3) is 0.857. The van der Waals surface area contributed by atoms with Crippen molar-refractivity contribution >= 4 is 0 Å². The Morgan fingerprint density at radius 1 is 1.31 bits per heavy atom. The van der Waals surface area contributed by atoms with Gasteiger partial charge < -0.3 is 10.1 Å². The van der Waals surface area contributed by atoms with Gasteiger partial charge in [0.25, 0.3) is 0 Å². The summed E-state index contributed by atoms with van der Waals surface area (Å²) in [5.41, 5.74) is 0. The van der Waals surface area contributed by atoms with E-state index in [9.17, 15) is 0 Å². The van der Waals surface area contributed by atoms with Crippen LogP contribution >= 0.6 is 0 Å². The van der Waals surface area contributed by atoms with E-state index in [1.165, 1.54) is 38.5 Å². The van der Waals surface area contributed by atoms with Gasteiger partial charge in [-0.1, -0.05) is 6.08 Å². The zero-order chi connectivity index (χ0) is 11.0. The van der Waals surface area contributed by atoms with Crippen molar-refractivity contribution in [3.05, 3.63) is 12.7 Å².